The first kappa shape index (κ1) is 15.0. The molecule has 2 rings (SSSR count). The van der Waals surface area contributed by atoms with Gasteiger partial charge in [-0.05, 0) is 33.2 Å². The summed E-state index contributed by atoms with van der Waals surface area (Å²) in [5, 5.41) is 7.29. The molecule has 0 bridgehead atoms. The summed E-state index contributed by atoms with van der Waals surface area (Å²) in [6.45, 7) is 8.26. The zero-order valence-corrected chi connectivity index (χ0v) is 13.0. The zero-order valence-electron chi connectivity index (χ0n) is 13.0. The predicted octanol–water partition coefficient (Wildman–Crippen LogP) is 2.03. The number of aryl methyl sites for hydroxylation is 2. The number of carbonyl (C=O) groups excluding carboxylic acids is 1. The Morgan fingerprint density at radius 2 is 2.25 bits per heavy atom. The second kappa shape index (κ2) is 5.95. The molecule has 1 N–H and O–H groups in total. The molecular formula is C15H25N3O2. The van der Waals surface area contributed by atoms with Crippen molar-refractivity contribution in [1.29, 1.82) is 0 Å². The Morgan fingerprint density at radius 1 is 1.50 bits per heavy atom. The molecule has 112 valence electrons. The van der Waals surface area contributed by atoms with Gasteiger partial charge in [0.15, 0.2) is 0 Å². The lowest BCUT2D eigenvalue weighted by atomic mass is 9.81. The van der Waals surface area contributed by atoms with Crippen LogP contribution >= 0.6 is 0 Å². The Balaban J connectivity index is 2.11. The van der Waals surface area contributed by atoms with E-state index in [9.17, 15) is 4.79 Å². The van der Waals surface area contributed by atoms with Crippen LogP contribution in [0.2, 0.25) is 0 Å². The quantitative estimate of drug-likeness (QED) is 0.896. The number of nitrogens with one attached hydrogen (secondary N) is 1. The van der Waals surface area contributed by atoms with Gasteiger partial charge in [0.05, 0.1) is 17.7 Å². The fourth-order valence-electron chi connectivity index (χ4n) is 3.17. The maximum atomic E-state index is 12.8. The van der Waals surface area contributed by atoms with Crippen molar-refractivity contribution >= 4 is 5.91 Å². The Morgan fingerprint density at radius 3 is 2.75 bits per heavy atom. The largest absolute Gasteiger partial charge is 0.361 e. The Kier molecular flexibility index (Phi) is 4.48. The average Bonchev–Trinajstić information content (AvgIpc) is 3.01. The van der Waals surface area contributed by atoms with Crippen LogP contribution in [0.3, 0.4) is 0 Å². The van der Waals surface area contributed by atoms with Gasteiger partial charge < -0.3 is 14.7 Å². The highest BCUT2D eigenvalue weighted by molar-refractivity contribution is 5.83. The summed E-state index contributed by atoms with van der Waals surface area (Å²) >= 11 is 0. The molecule has 0 spiro atoms. The van der Waals surface area contributed by atoms with Crippen LogP contribution in [0.15, 0.2) is 4.52 Å². The van der Waals surface area contributed by atoms with Crippen LogP contribution < -0.4 is 5.32 Å². The first-order chi connectivity index (χ1) is 9.50. The minimum absolute atomic E-state index is 0.220. The molecule has 1 unspecified atom stereocenters. The third-order valence-corrected chi connectivity index (χ3v) is 4.35. The van der Waals surface area contributed by atoms with E-state index in [-0.39, 0.29) is 11.3 Å². The standard InChI is InChI=1S/C15H25N3O2/c1-5-6-15(7-8-16-10-15)14(19)18(4)9-13-11(2)17-20-12(13)3/h16H,5-10H2,1-4H3. The molecule has 1 amide bonds. The smallest absolute Gasteiger partial charge is 0.230 e. The maximum absolute atomic E-state index is 12.8. The molecule has 5 heteroatoms. The molecule has 1 aliphatic rings. The molecule has 1 aromatic rings. The van der Waals surface area contributed by atoms with Crippen LogP contribution in [-0.4, -0.2) is 36.1 Å². The molecule has 1 aromatic heterocycles. The fourth-order valence-corrected chi connectivity index (χ4v) is 3.17. The van der Waals surface area contributed by atoms with E-state index >= 15 is 0 Å². The van der Waals surface area contributed by atoms with Gasteiger partial charge in [0, 0.05) is 19.2 Å². The maximum Gasteiger partial charge on any atom is 0.230 e. The topological polar surface area (TPSA) is 58.4 Å². The molecule has 1 fully saturated rings. The Hall–Kier alpha value is -1.36. The van der Waals surface area contributed by atoms with Crippen LogP contribution in [0.4, 0.5) is 0 Å². The number of carbonyl (C=O) groups is 1. The van der Waals surface area contributed by atoms with Crippen molar-refractivity contribution in [3.8, 4) is 0 Å². The van der Waals surface area contributed by atoms with Crippen LogP contribution in [-0.2, 0) is 11.3 Å². The summed E-state index contributed by atoms with van der Waals surface area (Å²) in [4.78, 5) is 14.7. The second-order valence-electron chi connectivity index (χ2n) is 5.92. The summed E-state index contributed by atoms with van der Waals surface area (Å²) in [7, 11) is 1.88. The molecule has 1 aliphatic heterocycles. The predicted molar refractivity (Wildman–Crippen MR) is 77.3 cm³/mol. The van der Waals surface area contributed by atoms with Gasteiger partial charge in [0.1, 0.15) is 5.76 Å². The minimum Gasteiger partial charge on any atom is -0.361 e. The molecule has 2 heterocycles. The number of nitrogens with zero attached hydrogens (tertiary/aromatic N) is 2. The van der Waals surface area contributed by atoms with Crippen LogP contribution in [0.5, 0.6) is 0 Å². The Bertz CT molecular complexity index is 456. The molecule has 20 heavy (non-hydrogen) atoms. The summed E-state index contributed by atoms with van der Waals surface area (Å²) in [5.74, 6) is 1.04. The van der Waals surface area contributed by atoms with Crippen LogP contribution in [0.1, 0.15) is 43.2 Å². The van der Waals surface area contributed by atoms with Crippen molar-refractivity contribution in [2.24, 2.45) is 5.41 Å². The number of hydrogen-bond acceptors (Lipinski definition) is 4. The number of hydrogen-bond donors (Lipinski definition) is 1. The van der Waals surface area contributed by atoms with E-state index in [4.69, 9.17) is 4.52 Å². The van der Waals surface area contributed by atoms with Crippen LogP contribution in [0.25, 0.3) is 0 Å². The van der Waals surface area contributed by atoms with E-state index in [1.54, 1.807) is 0 Å². The van der Waals surface area contributed by atoms with E-state index in [1.807, 2.05) is 25.8 Å². The van der Waals surface area contributed by atoms with Gasteiger partial charge in [-0.25, -0.2) is 0 Å². The van der Waals surface area contributed by atoms with E-state index in [0.29, 0.717) is 6.54 Å². The highest BCUT2D eigenvalue weighted by Gasteiger charge is 2.42. The third kappa shape index (κ3) is 2.73. The van der Waals surface area contributed by atoms with Gasteiger partial charge in [-0.2, -0.15) is 0 Å². The van der Waals surface area contributed by atoms with E-state index < -0.39 is 0 Å². The minimum atomic E-state index is -0.220. The van der Waals surface area contributed by atoms with Gasteiger partial charge in [0.2, 0.25) is 5.91 Å². The van der Waals surface area contributed by atoms with Crippen molar-refractivity contribution in [1.82, 2.24) is 15.4 Å². The monoisotopic (exact) mass is 279 g/mol. The van der Waals surface area contributed by atoms with Gasteiger partial charge in [0.25, 0.3) is 0 Å². The average molecular weight is 279 g/mol. The van der Waals surface area contributed by atoms with Gasteiger partial charge >= 0.3 is 0 Å². The Labute approximate surface area is 120 Å². The number of aromatic nitrogens is 1. The van der Waals surface area contributed by atoms with Crippen molar-refractivity contribution in [3.05, 3.63) is 17.0 Å². The summed E-state index contributed by atoms with van der Waals surface area (Å²) < 4.78 is 5.17. The highest BCUT2D eigenvalue weighted by atomic mass is 16.5. The zero-order chi connectivity index (χ0) is 14.8. The third-order valence-electron chi connectivity index (χ3n) is 4.35. The fraction of sp³-hybridized carbons (Fsp3) is 0.733. The van der Waals surface area contributed by atoms with Gasteiger partial charge in [-0.3, -0.25) is 4.79 Å². The number of rotatable bonds is 5. The molecule has 1 atom stereocenters. The van der Waals surface area contributed by atoms with Gasteiger partial charge in [-0.1, -0.05) is 18.5 Å². The lowest BCUT2D eigenvalue weighted by molar-refractivity contribution is -0.140. The van der Waals surface area contributed by atoms with E-state index in [0.717, 1.165) is 49.4 Å². The van der Waals surface area contributed by atoms with Crippen molar-refractivity contribution in [3.63, 3.8) is 0 Å². The van der Waals surface area contributed by atoms with Crippen LogP contribution in [0, 0.1) is 19.3 Å². The first-order valence-corrected chi connectivity index (χ1v) is 7.38. The second-order valence-corrected chi connectivity index (χ2v) is 5.92. The molecule has 0 aromatic carbocycles. The normalized spacial score (nSPS) is 22.2. The van der Waals surface area contributed by atoms with Crippen molar-refractivity contribution in [2.75, 3.05) is 20.1 Å². The van der Waals surface area contributed by atoms with Gasteiger partial charge in [-0.15, -0.1) is 0 Å². The molecule has 0 aliphatic carbocycles. The van der Waals surface area contributed by atoms with Crippen molar-refractivity contribution < 1.29 is 9.32 Å². The number of amides is 1. The molecule has 1 saturated heterocycles. The molecule has 0 radical (unpaired) electrons. The summed E-state index contributed by atoms with van der Waals surface area (Å²) in [6, 6.07) is 0. The van der Waals surface area contributed by atoms with Crippen molar-refractivity contribution in [2.45, 2.75) is 46.6 Å². The van der Waals surface area contributed by atoms with E-state index in [1.165, 1.54) is 0 Å². The molecule has 5 nitrogen and oxygen atoms in total. The SMILES string of the molecule is CCCC1(C(=O)N(C)Cc2c(C)noc2C)CCNC1. The molecule has 0 saturated carbocycles. The highest BCUT2D eigenvalue weighted by Crippen LogP contribution is 2.33. The first-order valence-electron chi connectivity index (χ1n) is 7.38. The summed E-state index contributed by atoms with van der Waals surface area (Å²) in [5.41, 5.74) is 1.68. The molecular weight excluding hydrogens is 254 g/mol. The lowest BCUT2D eigenvalue weighted by Crippen LogP contribution is -2.43. The van der Waals surface area contributed by atoms with E-state index in [2.05, 4.69) is 17.4 Å². The lowest BCUT2D eigenvalue weighted by Gasteiger charge is -2.31. The summed E-state index contributed by atoms with van der Waals surface area (Å²) in [6.07, 6.45) is 2.92.